The number of carbonyl (C=O) groups is 2. The van der Waals surface area contributed by atoms with Crippen molar-refractivity contribution in [3.05, 3.63) is 77.7 Å². The molecule has 8 heteroatoms. The minimum absolute atomic E-state index is 0.00364. The third-order valence-electron chi connectivity index (χ3n) is 5.69. The zero-order chi connectivity index (χ0) is 22.1. The number of Topliss-reactive ketones (excluding diaryl/α,β-unsaturated/α-hetero) is 1. The van der Waals surface area contributed by atoms with Crippen molar-refractivity contribution in [2.45, 2.75) is 42.1 Å². The van der Waals surface area contributed by atoms with Crippen LogP contribution in [0.4, 0.5) is 0 Å². The van der Waals surface area contributed by atoms with E-state index in [1.165, 1.54) is 11.8 Å². The van der Waals surface area contributed by atoms with E-state index in [1.54, 1.807) is 6.20 Å². The molecule has 1 unspecified atom stereocenters. The number of H-pyrrole nitrogens is 1. The summed E-state index contributed by atoms with van der Waals surface area (Å²) < 4.78 is 1.96. The van der Waals surface area contributed by atoms with Crippen LogP contribution in [0.15, 0.2) is 66.0 Å². The van der Waals surface area contributed by atoms with E-state index in [0.29, 0.717) is 23.2 Å². The number of ketones is 1. The Balaban J connectivity index is 1.53. The minimum Gasteiger partial charge on any atom is -0.370 e. The third kappa shape index (κ3) is 4.05. The molecule has 4 aromatic rings. The van der Waals surface area contributed by atoms with Gasteiger partial charge in [0.15, 0.2) is 10.9 Å². The number of primary amides is 1. The number of benzene rings is 2. The molecule has 3 N–H and O–H groups in total. The zero-order valence-electron chi connectivity index (χ0n) is 17.4. The Morgan fingerprint density at radius 3 is 2.59 bits per heavy atom. The second kappa shape index (κ2) is 8.63. The first-order valence-electron chi connectivity index (χ1n) is 10.6. The van der Waals surface area contributed by atoms with Gasteiger partial charge in [-0.05, 0) is 24.5 Å². The predicted molar refractivity (Wildman–Crippen MR) is 123 cm³/mol. The van der Waals surface area contributed by atoms with E-state index in [9.17, 15) is 9.59 Å². The number of nitrogens with zero attached hydrogens (tertiary/aromatic N) is 3. The number of aromatic amines is 1. The van der Waals surface area contributed by atoms with Crippen LogP contribution >= 0.6 is 11.8 Å². The van der Waals surface area contributed by atoms with Crippen molar-refractivity contribution in [1.82, 2.24) is 19.7 Å². The van der Waals surface area contributed by atoms with Crippen LogP contribution in [0.5, 0.6) is 0 Å². The van der Waals surface area contributed by atoms with Gasteiger partial charge in [0.1, 0.15) is 11.1 Å². The molecule has 2 aromatic heterocycles. The Kier molecular flexibility index (Phi) is 5.53. The SMILES string of the molecule is NC(=O)CCn1c(SC(C(=O)c2c[nH]c3ccccc23)c2ccccc2)nnc1C1CC1. The number of fused-ring (bicyclic) bond motifs is 1. The number of carbonyl (C=O) groups excluding carboxylic acids is 2. The number of hydrogen-bond acceptors (Lipinski definition) is 5. The van der Waals surface area contributed by atoms with Gasteiger partial charge in [0.05, 0.1) is 0 Å². The number of para-hydroxylation sites is 1. The Bertz CT molecular complexity index is 1280. The Morgan fingerprint density at radius 1 is 1.09 bits per heavy atom. The van der Waals surface area contributed by atoms with Gasteiger partial charge in [-0.3, -0.25) is 9.59 Å². The maximum Gasteiger partial charge on any atom is 0.219 e. The largest absolute Gasteiger partial charge is 0.370 e. The van der Waals surface area contributed by atoms with Gasteiger partial charge < -0.3 is 15.3 Å². The number of hydrogen-bond donors (Lipinski definition) is 2. The molecule has 0 saturated heterocycles. The van der Waals surface area contributed by atoms with Crippen LogP contribution in [0.1, 0.15) is 52.2 Å². The van der Waals surface area contributed by atoms with Gasteiger partial charge in [-0.2, -0.15) is 0 Å². The lowest BCUT2D eigenvalue weighted by atomic mass is 10.0. The highest BCUT2D eigenvalue weighted by Crippen LogP contribution is 2.43. The molecule has 7 nitrogen and oxygen atoms in total. The fourth-order valence-electron chi connectivity index (χ4n) is 3.89. The van der Waals surface area contributed by atoms with Crippen molar-refractivity contribution in [1.29, 1.82) is 0 Å². The van der Waals surface area contributed by atoms with Crippen molar-refractivity contribution in [3.8, 4) is 0 Å². The van der Waals surface area contributed by atoms with E-state index in [-0.39, 0.29) is 18.1 Å². The van der Waals surface area contributed by atoms with Crippen molar-refractivity contribution >= 4 is 34.4 Å². The summed E-state index contributed by atoms with van der Waals surface area (Å²) >= 11 is 1.37. The van der Waals surface area contributed by atoms with Gasteiger partial charge in [-0.25, -0.2) is 0 Å². The minimum atomic E-state index is -0.501. The average molecular weight is 446 g/mol. The van der Waals surface area contributed by atoms with Crippen molar-refractivity contribution in [2.75, 3.05) is 0 Å². The van der Waals surface area contributed by atoms with Gasteiger partial charge in [0.2, 0.25) is 5.91 Å². The monoisotopic (exact) mass is 445 g/mol. The summed E-state index contributed by atoms with van der Waals surface area (Å²) in [6.45, 7) is 0.416. The highest BCUT2D eigenvalue weighted by Gasteiger charge is 2.33. The number of thioether (sulfide) groups is 1. The molecule has 0 bridgehead atoms. The van der Waals surface area contributed by atoms with E-state index in [0.717, 1.165) is 35.1 Å². The van der Waals surface area contributed by atoms with E-state index >= 15 is 0 Å². The summed E-state index contributed by atoms with van der Waals surface area (Å²) in [5, 5.41) is 9.84. The molecule has 1 aliphatic rings. The summed E-state index contributed by atoms with van der Waals surface area (Å²) in [5.41, 5.74) is 7.86. The molecule has 1 aliphatic carbocycles. The van der Waals surface area contributed by atoms with E-state index < -0.39 is 5.25 Å². The molecule has 1 fully saturated rings. The van der Waals surface area contributed by atoms with E-state index in [1.807, 2.05) is 59.2 Å². The normalized spacial score (nSPS) is 14.5. The van der Waals surface area contributed by atoms with E-state index in [4.69, 9.17) is 5.73 Å². The molecule has 2 aromatic carbocycles. The summed E-state index contributed by atoms with van der Waals surface area (Å²) in [4.78, 5) is 28.4. The number of rotatable bonds is 9. The number of aromatic nitrogens is 4. The summed E-state index contributed by atoms with van der Waals surface area (Å²) in [7, 11) is 0. The van der Waals surface area contributed by atoms with Crippen molar-refractivity contribution in [3.63, 3.8) is 0 Å². The van der Waals surface area contributed by atoms with Gasteiger partial charge in [0.25, 0.3) is 0 Å². The van der Waals surface area contributed by atoms with Crippen molar-refractivity contribution in [2.24, 2.45) is 5.73 Å². The average Bonchev–Trinajstić information content (AvgIpc) is 3.43. The molecule has 162 valence electrons. The van der Waals surface area contributed by atoms with Crippen LogP contribution < -0.4 is 5.73 Å². The molecule has 1 atom stereocenters. The van der Waals surface area contributed by atoms with Crippen LogP contribution in [-0.2, 0) is 11.3 Å². The van der Waals surface area contributed by atoms with Crippen LogP contribution in [0, 0.1) is 0 Å². The molecule has 1 amide bonds. The fraction of sp³-hybridized carbons (Fsp3) is 0.250. The molecule has 32 heavy (non-hydrogen) atoms. The summed E-state index contributed by atoms with van der Waals surface area (Å²) in [5.74, 6) is 0.867. The van der Waals surface area contributed by atoms with Crippen LogP contribution in [-0.4, -0.2) is 31.4 Å². The molecule has 0 spiro atoms. The molecule has 5 rings (SSSR count). The van der Waals surface area contributed by atoms with Gasteiger partial charge in [0, 0.05) is 41.5 Å². The Labute approximate surface area is 189 Å². The lowest BCUT2D eigenvalue weighted by molar-refractivity contribution is -0.118. The number of amides is 1. The molecule has 1 saturated carbocycles. The Hall–Kier alpha value is -3.39. The summed E-state index contributed by atoms with van der Waals surface area (Å²) in [6, 6.07) is 17.5. The first-order chi connectivity index (χ1) is 15.6. The second-order valence-corrected chi connectivity index (χ2v) is 9.08. The molecule has 2 heterocycles. The molecular formula is C24H23N5O2S. The van der Waals surface area contributed by atoms with E-state index in [2.05, 4.69) is 15.2 Å². The highest BCUT2D eigenvalue weighted by atomic mass is 32.2. The molecule has 0 aliphatic heterocycles. The first-order valence-corrected chi connectivity index (χ1v) is 11.5. The van der Waals surface area contributed by atoms with Crippen LogP contribution in [0.3, 0.4) is 0 Å². The quantitative estimate of drug-likeness (QED) is 0.296. The van der Waals surface area contributed by atoms with Crippen molar-refractivity contribution < 1.29 is 9.59 Å². The third-order valence-corrected chi connectivity index (χ3v) is 6.92. The number of nitrogens with one attached hydrogen (secondary N) is 1. The van der Waals surface area contributed by atoms with Gasteiger partial charge >= 0.3 is 0 Å². The highest BCUT2D eigenvalue weighted by molar-refractivity contribution is 8.00. The zero-order valence-corrected chi connectivity index (χ0v) is 18.2. The van der Waals surface area contributed by atoms with Gasteiger partial charge in [-0.15, -0.1) is 10.2 Å². The maximum absolute atomic E-state index is 13.8. The maximum atomic E-state index is 13.8. The lowest BCUT2D eigenvalue weighted by Gasteiger charge is -2.16. The van der Waals surface area contributed by atoms with Crippen LogP contribution in [0.25, 0.3) is 10.9 Å². The lowest BCUT2D eigenvalue weighted by Crippen LogP contribution is -2.16. The summed E-state index contributed by atoms with van der Waals surface area (Å²) in [6.07, 6.45) is 4.11. The van der Waals surface area contributed by atoms with Gasteiger partial charge in [-0.1, -0.05) is 60.3 Å². The van der Waals surface area contributed by atoms with Crippen LogP contribution in [0.2, 0.25) is 0 Å². The molecule has 0 radical (unpaired) electrons. The predicted octanol–water partition coefficient (Wildman–Crippen LogP) is 4.23. The standard InChI is InChI=1S/C24H23N5O2S/c25-20(30)12-13-29-23(16-10-11-16)27-28-24(29)32-22(15-6-2-1-3-7-15)21(31)18-14-26-19-9-5-4-8-17(18)19/h1-9,14,16,22,26H,10-13H2,(H2,25,30). The Morgan fingerprint density at radius 2 is 1.84 bits per heavy atom. The topological polar surface area (TPSA) is 107 Å². The number of nitrogens with two attached hydrogens (primary N) is 1. The molecular weight excluding hydrogens is 422 g/mol. The smallest absolute Gasteiger partial charge is 0.219 e. The fourth-order valence-corrected chi connectivity index (χ4v) is 5.02. The second-order valence-electron chi connectivity index (χ2n) is 8.00. The first kappa shape index (κ1) is 20.5.